The third-order valence-corrected chi connectivity index (χ3v) is 12.3. The van der Waals surface area contributed by atoms with E-state index in [1.54, 1.807) is 0 Å². The van der Waals surface area contributed by atoms with Gasteiger partial charge in [-0.05, 0) is 153 Å². The van der Waals surface area contributed by atoms with Crippen molar-refractivity contribution in [3.8, 4) is 55.6 Å². The van der Waals surface area contributed by atoms with E-state index in [4.69, 9.17) is 0 Å². The minimum absolute atomic E-state index is 0.519. The number of rotatable bonds is 5. The number of hydrogen-bond donors (Lipinski definition) is 0. The fourth-order valence-corrected chi connectivity index (χ4v) is 9.54. The van der Waals surface area contributed by atoms with Crippen molar-refractivity contribution in [1.29, 1.82) is 0 Å². The molecule has 0 heterocycles. The predicted octanol–water partition coefficient (Wildman–Crippen LogP) is 17.1. The zero-order valence-electron chi connectivity index (χ0n) is 33.3. The molecule has 0 radical (unpaired) electrons. The van der Waals surface area contributed by atoms with E-state index in [0.717, 1.165) is 110 Å². The normalized spacial score (nSPS) is 11.9. The molecule has 3 heteroatoms. The molecule has 0 aliphatic carbocycles. The van der Waals surface area contributed by atoms with Gasteiger partial charge >= 0.3 is 6.18 Å². The molecule has 0 bridgehead atoms. The van der Waals surface area contributed by atoms with Crippen LogP contribution in [0.15, 0.2) is 206 Å². The van der Waals surface area contributed by atoms with Gasteiger partial charge in [0, 0.05) is 0 Å². The number of alkyl halides is 3. The quantitative estimate of drug-likeness (QED) is 0.120. The highest BCUT2D eigenvalue weighted by Crippen LogP contribution is 2.51. The standard InChI is InChI=1S/C58H37F3/c1-36-14-12-21-42(30-36)54-48-29-28-41(37-15-4-2-5-16-37)33-50(48)55(43-22-13-23-45(32-43)58(59,60)61)52-34-49-46-24-10-11-25-47(46)57(44-27-26-38-17-8-9-20-40(38)31-44)56(51(49)35-53(52)54)39-18-6-3-7-19-39/h2-35H,1H3. The summed E-state index contributed by atoms with van der Waals surface area (Å²) in [4.78, 5) is 0. The lowest BCUT2D eigenvalue weighted by Crippen LogP contribution is -2.04. The zero-order chi connectivity index (χ0) is 41.2. The first kappa shape index (κ1) is 36.6. The molecule has 11 rings (SSSR count). The second kappa shape index (κ2) is 14.4. The molecule has 11 aromatic rings. The maximum atomic E-state index is 14.6. The Morgan fingerprint density at radius 1 is 0.279 bits per heavy atom. The van der Waals surface area contributed by atoms with E-state index in [1.807, 2.05) is 30.3 Å². The Bertz CT molecular complexity index is 3510. The minimum atomic E-state index is -4.51. The molecule has 0 unspecified atom stereocenters. The van der Waals surface area contributed by atoms with Gasteiger partial charge < -0.3 is 0 Å². The van der Waals surface area contributed by atoms with Crippen LogP contribution in [0.1, 0.15) is 11.1 Å². The van der Waals surface area contributed by atoms with Crippen molar-refractivity contribution < 1.29 is 13.2 Å². The van der Waals surface area contributed by atoms with Crippen LogP contribution in [0, 0.1) is 6.92 Å². The summed E-state index contributed by atoms with van der Waals surface area (Å²) in [5, 5.41) is 10.4. The first-order valence-corrected chi connectivity index (χ1v) is 20.6. The average molecular weight is 791 g/mol. The Morgan fingerprint density at radius 2 is 0.787 bits per heavy atom. The molecule has 0 amide bonds. The van der Waals surface area contributed by atoms with Crippen LogP contribution in [0.3, 0.4) is 0 Å². The molecule has 0 aliphatic heterocycles. The number of fused-ring (bicyclic) bond motifs is 6. The first-order chi connectivity index (χ1) is 29.8. The van der Waals surface area contributed by atoms with Gasteiger partial charge in [-0.1, -0.05) is 175 Å². The molecule has 0 aliphatic rings. The number of aryl methyl sites for hydroxylation is 1. The fraction of sp³-hybridized carbons (Fsp3) is 0.0345. The van der Waals surface area contributed by atoms with Gasteiger partial charge in [0.2, 0.25) is 0 Å². The topological polar surface area (TPSA) is 0 Å². The van der Waals surface area contributed by atoms with Crippen LogP contribution >= 0.6 is 0 Å². The van der Waals surface area contributed by atoms with Gasteiger partial charge in [-0.3, -0.25) is 0 Å². The molecule has 0 fully saturated rings. The second-order valence-corrected chi connectivity index (χ2v) is 16.0. The predicted molar refractivity (Wildman–Crippen MR) is 251 cm³/mol. The van der Waals surface area contributed by atoms with E-state index in [1.165, 1.54) is 17.5 Å². The smallest absolute Gasteiger partial charge is 0.166 e. The lowest BCUT2D eigenvalue weighted by Gasteiger charge is -2.23. The van der Waals surface area contributed by atoms with E-state index in [9.17, 15) is 13.2 Å². The summed E-state index contributed by atoms with van der Waals surface area (Å²) in [6.45, 7) is 2.10. The molecular weight excluding hydrogens is 754 g/mol. The molecule has 290 valence electrons. The molecule has 0 saturated carbocycles. The van der Waals surface area contributed by atoms with Crippen LogP contribution in [0.4, 0.5) is 13.2 Å². The van der Waals surface area contributed by atoms with E-state index in [0.29, 0.717) is 5.56 Å². The molecule has 0 N–H and O–H groups in total. The summed E-state index contributed by atoms with van der Waals surface area (Å²) >= 11 is 0. The molecule has 0 spiro atoms. The maximum Gasteiger partial charge on any atom is 0.416 e. The summed E-state index contributed by atoms with van der Waals surface area (Å²) in [7, 11) is 0. The molecule has 0 nitrogen and oxygen atoms in total. The third kappa shape index (κ3) is 6.24. The molecular formula is C58H37F3. The van der Waals surface area contributed by atoms with Crippen molar-refractivity contribution in [2.75, 3.05) is 0 Å². The summed E-state index contributed by atoms with van der Waals surface area (Å²) in [6.07, 6.45) is -4.51. The average Bonchev–Trinajstić information content (AvgIpc) is 3.29. The van der Waals surface area contributed by atoms with Gasteiger partial charge in [0.1, 0.15) is 0 Å². The van der Waals surface area contributed by atoms with Gasteiger partial charge in [-0.15, -0.1) is 0 Å². The lowest BCUT2D eigenvalue weighted by molar-refractivity contribution is -0.137. The van der Waals surface area contributed by atoms with Crippen LogP contribution in [0.25, 0.3) is 109 Å². The van der Waals surface area contributed by atoms with Gasteiger partial charge in [-0.25, -0.2) is 0 Å². The third-order valence-electron chi connectivity index (χ3n) is 12.3. The highest BCUT2D eigenvalue weighted by atomic mass is 19.4. The Kier molecular flexibility index (Phi) is 8.61. The van der Waals surface area contributed by atoms with Gasteiger partial charge in [0.25, 0.3) is 0 Å². The first-order valence-electron chi connectivity index (χ1n) is 20.6. The van der Waals surface area contributed by atoms with Crippen LogP contribution in [0.2, 0.25) is 0 Å². The van der Waals surface area contributed by atoms with E-state index >= 15 is 0 Å². The van der Waals surface area contributed by atoms with Gasteiger partial charge in [0.15, 0.2) is 0 Å². The van der Waals surface area contributed by atoms with Crippen molar-refractivity contribution in [1.82, 2.24) is 0 Å². The van der Waals surface area contributed by atoms with Crippen LogP contribution < -0.4 is 0 Å². The van der Waals surface area contributed by atoms with Crippen LogP contribution in [-0.4, -0.2) is 0 Å². The van der Waals surface area contributed by atoms with Gasteiger partial charge in [-0.2, -0.15) is 13.2 Å². The van der Waals surface area contributed by atoms with E-state index in [2.05, 4.69) is 165 Å². The Morgan fingerprint density at radius 3 is 1.52 bits per heavy atom. The summed E-state index contributed by atoms with van der Waals surface area (Å²) < 4.78 is 43.7. The molecule has 0 aromatic heterocycles. The van der Waals surface area contributed by atoms with E-state index in [-0.39, 0.29) is 0 Å². The summed E-state index contributed by atoms with van der Waals surface area (Å²) in [6, 6.07) is 69.9. The largest absolute Gasteiger partial charge is 0.416 e. The van der Waals surface area contributed by atoms with Crippen molar-refractivity contribution in [3.63, 3.8) is 0 Å². The zero-order valence-corrected chi connectivity index (χ0v) is 33.3. The minimum Gasteiger partial charge on any atom is -0.166 e. The summed E-state index contributed by atoms with van der Waals surface area (Å²) in [5.74, 6) is 0. The number of benzene rings is 11. The maximum absolute atomic E-state index is 14.6. The number of hydrogen-bond acceptors (Lipinski definition) is 0. The van der Waals surface area contributed by atoms with Gasteiger partial charge in [0.05, 0.1) is 5.56 Å². The van der Waals surface area contributed by atoms with Crippen molar-refractivity contribution >= 4 is 53.9 Å². The van der Waals surface area contributed by atoms with Crippen molar-refractivity contribution in [3.05, 3.63) is 217 Å². The SMILES string of the molecule is Cc1cccc(-c2c3ccc(-c4ccccc4)cc3c(-c3cccc(C(F)(F)F)c3)c3cc4c(cc23)c(-c2ccccc2)c(-c2ccc3ccccc3c2)c2ccccc24)c1. The summed E-state index contributed by atoms with van der Waals surface area (Å²) in [5.41, 5.74) is 10.3. The molecule has 0 atom stereocenters. The Hall–Kier alpha value is -7.49. The van der Waals surface area contributed by atoms with E-state index < -0.39 is 11.7 Å². The molecule has 61 heavy (non-hydrogen) atoms. The molecule has 11 aromatic carbocycles. The monoisotopic (exact) mass is 790 g/mol. The Labute approximate surface area is 351 Å². The second-order valence-electron chi connectivity index (χ2n) is 16.0. The van der Waals surface area contributed by atoms with Crippen molar-refractivity contribution in [2.24, 2.45) is 0 Å². The lowest BCUT2D eigenvalue weighted by atomic mass is 9.80. The molecule has 0 saturated heterocycles. The van der Waals surface area contributed by atoms with Crippen molar-refractivity contribution in [2.45, 2.75) is 13.1 Å². The van der Waals surface area contributed by atoms with Crippen LogP contribution in [0.5, 0.6) is 0 Å². The highest BCUT2D eigenvalue weighted by Gasteiger charge is 2.31. The number of halogens is 3. The van der Waals surface area contributed by atoms with Crippen LogP contribution in [-0.2, 0) is 6.18 Å². The fourth-order valence-electron chi connectivity index (χ4n) is 9.54. The Balaban J connectivity index is 1.37. The highest BCUT2D eigenvalue weighted by molar-refractivity contribution is 6.29.